The number of halogens is 2. The number of urea groups is 1. The van der Waals surface area contributed by atoms with E-state index < -0.39 is 17.4 Å². The molecule has 90 valence electrons. The number of anilines is 1. The van der Waals surface area contributed by atoms with Crippen LogP contribution >= 0.6 is 11.6 Å². The van der Waals surface area contributed by atoms with Crippen LogP contribution in [0.4, 0.5) is 14.9 Å². The number of amides is 2. The molecule has 0 bridgehead atoms. The fourth-order valence-electron chi connectivity index (χ4n) is 1.63. The third-order valence-electron chi connectivity index (χ3n) is 2.60. The average Bonchev–Trinajstić information content (AvgIpc) is 2.42. The van der Waals surface area contributed by atoms with Gasteiger partial charge in [0.15, 0.2) is 0 Å². The summed E-state index contributed by atoms with van der Waals surface area (Å²) in [5, 5.41) is 10.5. The molecule has 0 saturated carbocycles. The normalized spacial score (nSPS) is 18.5. The molecule has 0 unspecified atom stereocenters. The van der Waals surface area contributed by atoms with Gasteiger partial charge in [0.05, 0.1) is 16.2 Å². The van der Waals surface area contributed by atoms with E-state index in [4.69, 9.17) is 17.0 Å². The molecule has 0 radical (unpaired) electrons. The van der Waals surface area contributed by atoms with Gasteiger partial charge >= 0.3 is 6.03 Å². The van der Waals surface area contributed by atoms with Crippen molar-refractivity contribution in [3.8, 4) is 0 Å². The Hall–Kier alpha value is -1.62. The van der Waals surface area contributed by atoms with Crippen LogP contribution in [0.15, 0.2) is 18.2 Å². The molecule has 0 spiro atoms. The highest BCUT2D eigenvalue weighted by Gasteiger charge is 2.41. The molecule has 0 atom stereocenters. The number of nitrogens with one attached hydrogen (secondary N) is 2. The fraction of sp³-hybridized carbons (Fsp3) is 0.273. The van der Waals surface area contributed by atoms with Crippen molar-refractivity contribution in [2.75, 3.05) is 4.90 Å². The van der Waals surface area contributed by atoms with Gasteiger partial charge in [0, 0.05) is 0 Å². The van der Waals surface area contributed by atoms with E-state index in [-0.39, 0.29) is 10.9 Å². The van der Waals surface area contributed by atoms with Crippen LogP contribution in [0.25, 0.3) is 0 Å². The standard InChI is InChI=1S/C11H11ClFN3O/c1-11(2)9(14)16(10(17)15-11)6-3-4-8(13)7(12)5-6/h3-5,14H,1-2H3,(H,15,17). The lowest BCUT2D eigenvalue weighted by Crippen LogP contribution is -2.39. The highest BCUT2D eigenvalue weighted by atomic mass is 35.5. The second-order valence-corrected chi connectivity index (χ2v) is 4.74. The number of amidine groups is 1. The molecule has 1 fully saturated rings. The lowest BCUT2D eigenvalue weighted by atomic mass is 10.1. The Morgan fingerprint density at radius 2 is 2.12 bits per heavy atom. The molecule has 1 heterocycles. The Morgan fingerprint density at radius 3 is 2.59 bits per heavy atom. The van der Waals surface area contributed by atoms with E-state index in [1.165, 1.54) is 23.1 Å². The van der Waals surface area contributed by atoms with Crippen molar-refractivity contribution < 1.29 is 9.18 Å². The van der Waals surface area contributed by atoms with Gasteiger partial charge in [0.2, 0.25) is 0 Å². The summed E-state index contributed by atoms with van der Waals surface area (Å²) in [6.07, 6.45) is 0. The minimum absolute atomic E-state index is 0.0761. The van der Waals surface area contributed by atoms with Gasteiger partial charge in [-0.2, -0.15) is 0 Å². The molecule has 2 amide bonds. The molecule has 2 N–H and O–H groups in total. The maximum atomic E-state index is 13.0. The molecule has 1 aliphatic rings. The largest absolute Gasteiger partial charge is 0.328 e. The van der Waals surface area contributed by atoms with E-state index in [1.807, 2.05) is 0 Å². The van der Waals surface area contributed by atoms with Crippen LogP contribution in [-0.2, 0) is 0 Å². The van der Waals surface area contributed by atoms with Crippen LogP contribution in [0.1, 0.15) is 13.8 Å². The minimum Gasteiger partial charge on any atom is -0.325 e. The Balaban J connectivity index is 2.44. The maximum absolute atomic E-state index is 13.0. The Labute approximate surface area is 103 Å². The summed E-state index contributed by atoms with van der Waals surface area (Å²) in [5.41, 5.74) is -0.359. The van der Waals surface area contributed by atoms with E-state index in [0.717, 1.165) is 0 Å². The predicted molar refractivity (Wildman–Crippen MR) is 64.2 cm³/mol. The van der Waals surface area contributed by atoms with Crippen LogP contribution in [0.3, 0.4) is 0 Å². The predicted octanol–water partition coefficient (Wildman–Crippen LogP) is 2.76. The first-order chi connectivity index (χ1) is 7.83. The monoisotopic (exact) mass is 255 g/mol. The van der Waals surface area contributed by atoms with Gasteiger partial charge in [-0.1, -0.05) is 11.6 Å². The zero-order valence-corrected chi connectivity index (χ0v) is 10.1. The molecular formula is C11H11ClFN3O. The summed E-state index contributed by atoms with van der Waals surface area (Å²) in [7, 11) is 0. The summed E-state index contributed by atoms with van der Waals surface area (Å²) < 4.78 is 13.0. The van der Waals surface area contributed by atoms with Crippen molar-refractivity contribution in [2.24, 2.45) is 0 Å². The van der Waals surface area contributed by atoms with E-state index in [1.54, 1.807) is 13.8 Å². The SMILES string of the molecule is CC1(C)NC(=O)N(c2ccc(F)c(Cl)c2)C1=N. The number of nitrogens with zero attached hydrogens (tertiary/aromatic N) is 1. The zero-order chi connectivity index (χ0) is 12.8. The highest BCUT2D eigenvalue weighted by Crippen LogP contribution is 2.28. The molecule has 0 aromatic heterocycles. The van der Waals surface area contributed by atoms with Gasteiger partial charge in [0.1, 0.15) is 11.7 Å². The number of carbonyl (C=O) groups is 1. The van der Waals surface area contributed by atoms with Crippen LogP contribution < -0.4 is 10.2 Å². The van der Waals surface area contributed by atoms with Crippen molar-refractivity contribution in [3.05, 3.63) is 29.0 Å². The van der Waals surface area contributed by atoms with E-state index >= 15 is 0 Å². The number of benzene rings is 1. The van der Waals surface area contributed by atoms with Gasteiger partial charge in [-0.3, -0.25) is 5.41 Å². The molecule has 17 heavy (non-hydrogen) atoms. The summed E-state index contributed by atoms with van der Waals surface area (Å²) in [4.78, 5) is 12.9. The van der Waals surface area contributed by atoms with Crippen molar-refractivity contribution in [3.63, 3.8) is 0 Å². The van der Waals surface area contributed by atoms with Crippen molar-refractivity contribution in [1.29, 1.82) is 5.41 Å². The van der Waals surface area contributed by atoms with Crippen LogP contribution in [0, 0.1) is 11.2 Å². The van der Waals surface area contributed by atoms with Gasteiger partial charge in [-0.05, 0) is 32.0 Å². The second kappa shape index (κ2) is 3.70. The third-order valence-corrected chi connectivity index (χ3v) is 2.89. The first kappa shape index (κ1) is 11.9. The molecule has 1 saturated heterocycles. The van der Waals surface area contributed by atoms with Gasteiger partial charge in [0.25, 0.3) is 0 Å². The first-order valence-electron chi connectivity index (χ1n) is 4.99. The number of hydrogen-bond acceptors (Lipinski definition) is 2. The van der Waals surface area contributed by atoms with E-state index in [0.29, 0.717) is 5.69 Å². The van der Waals surface area contributed by atoms with Crippen molar-refractivity contribution in [1.82, 2.24) is 5.32 Å². The molecule has 1 aromatic carbocycles. The first-order valence-corrected chi connectivity index (χ1v) is 5.37. The van der Waals surface area contributed by atoms with Crippen molar-refractivity contribution >= 4 is 29.2 Å². The van der Waals surface area contributed by atoms with Gasteiger partial charge in [-0.15, -0.1) is 0 Å². The molecule has 1 aromatic rings. The lowest BCUT2D eigenvalue weighted by Gasteiger charge is -2.19. The summed E-state index contributed by atoms with van der Waals surface area (Å²) in [5.74, 6) is -0.453. The van der Waals surface area contributed by atoms with E-state index in [2.05, 4.69) is 5.32 Å². The number of carbonyl (C=O) groups excluding carboxylic acids is 1. The Bertz CT molecular complexity index is 515. The minimum atomic E-state index is -0.738. The van der Waals surface area contributed by atoms with Gasteiger partial charge in [-0.25, -0.2) is 14.1 Å². The molecule has 4 nitrogen and oxygen atoms in total. The van der Waals surface area contributed by atoms with Crippen LogP contribution in [0.2, 0.25) is 5.02 Å². The quantitative estimate of drug-likeness (QED) is 0.797. The van der Waals surface area contributed by atoms with Crippen LogP contribution in [-0.4, -0.2) is 17.4 Å². The second-order valence-electron chi connectivity index (χ2n) is 4.34. The maximum Gasteiger partial charge on any atom is 0.328 e. The average molecular weight is 256 g/mol. The molecular weight excluding hydrogens is 245 g/mol. The summed E-state index contributed by atoms with van der Waals surface area (Å²) in [6.45, 7) is 3.44. The molecule has 6 heteroatoms. The van der Waals surface area contributed by atoms with Gasteiger partial charge < -0.3 is 5.32 Å². The smallest absolute Gasteiger partial charge is 0.325 e. The number of rotatable bonds is 1. The topological polar surface area (TPSA) is 56.2 Å². The zero-order valence-electron chi connectivity index (χ0n) is 9.34. The summed E-state index contributed by atoms with van der Waals surface area (Å²) in [6, 6.07) is 3.50. The molecule has 2 rings (SSSR count). The lowest BCUT2D eigenvalue weighted by molar-refractivity contribution is 0.249. The number of hydrogen-bond donors (Lipinski definition) is 2. The Kier molecular flexibility index (Phi) is 2.58. The third kappa shape index (κ3) is 1.86. The fourth-order valence-corrected chi connectivity index (χ4v) is 1.81. The highest BCUT2D eigenvalue weighted by molar-refractivity contribution is 6.31. The van der Waals surface area contributed by atoms with Crippen LogP contribution in [0.5, 0.6) is 0 Å². The van der Waals surface area contributed by atoms with E-state index in [9.17, 15) is 9.18 Å². The molecule has 1 aliphatic heterocycles. The molecule has 0 aliphatic carbocycles. The Morgan fingerprint density at radius 1 is 1.47 bits per heavy atom. The van der Waals surface area contributed by atoms with Crippen molar-refractivity contribution in [2.45, 2.75) is 19.4 Å². The summed E-state index contributed by atoms with van der Waals surface area (Å²) >= 11 is 5.65.